The van der Waals surface area contributed by atoms with Crippen molar-refractivity contribution in [2.24, 2.45) is 0 Å². The van der Waals surface area contributed by atoms with Gasteiger partial charge in [0, 0.05) is 55.6 Å². The quantitative estimate of drug-likeness (QED) is 0.179. The second kappa shape index (κ2) is 12.4. The monoisotopic (exact) mass is 695 g/mol. The number of fused-ring (bicyclic) bond motifs is 7. The summed E-state index contributed by atoms with van der Waals surface area (Å²) < 4.78 is 13.3. The zero-order valence-electron chi connectivity index (χ0n) is 29.3. The molecule has 0 N–H and O–H groups in total. The van der Waals surface area contributed by atoms with E-state index in [9.17, 15) is 0 Å². The van der Waals surface area contributed by atoms with Crippen LogP contribution in [0.2, 0.25) is 0 Å². The molecule has 0 saturated heterocycles. The molecule has 0 amide bonds. The van der Waals surface area contributed by atoms with Crippen LogP contribution in [0.1, 0.15) is 41.9 Å². The second-order valence-electron chi connectivity index (χ2n) is 14.2. The maximum absolute atomic E-state index is 6.89. The number of allylic oxidation sites excluding steroid dienone is 8. The maximum Gasteiger partial charge on any atom is 0.164 e. The van der Waals surface area contributed by atoms with Crippen molar-refractivity contribution in [2.75, 3.05) is 0 Å². The van der Waals surface area contributed by atoms with Gasteiger partial charge in [-0.1, -0.05) is 146 Å². The van der Waals surface area contributed by atoms with Crippen LogP contribution in [0.15, 0.2) is 173 Å². The minimum Gasteiger partial charge on any atom is -0.456 e. The smallest absolute Gasteiger partial charge is 0.164 e. The van der Waals surface area contributed by atoms with Crippen LogP contribution in [-0.2, 0) is 0 Å². The lowest BCUT2D eigenvalue weighted by Crippen LogP contribution is -2.10. The molecule has 6 aromatic carbocycles. The molecule has 11 rings (SSSR count). The summed E-state index contributed by atoms with van der Waals surface area (Å²) in [6.07, 6.45) is 17.0. The van der Waals surface area contributed by atoms with E-state index in [1.165, 1.54) is 5.56 Å². The van der Waals surface area contributed by atoms with Crippen molar-refractivity contribution in [3.8, 4) is 22.5 Å². The molecule has 2 atom stereocenters. The zero-order chi connectivity index (χ0) is 35.6. The van der Waals surface area contributed by atoms with Crippen LogP contribution in [0.25, 0.3) is 82.7 Å². The first kappa shape index (κ1) is 30.7. The van der Waals surface area contributed by atoms with Crippen molar-refractivity contribution < 1.29 is 8.83 Å². The van der Waals surface area contributed by atoms with Crippen LogP contribution < -0.4 is 0 Å². The zero-order valence-corrected chi connectivity index (χ0v) is 29.3. The normalized spacial score (nSPS) is 17.0. The van der Waals surface area contributed by atoms with Gasteiger partial charge in [-0.2, -0.15) is 0 Å². The van der Waals surface area contributed by atoms with E-state index in [2.05, 4.69) is 140 Å². The molecule has 9 aromatic rings. The Labute approximate surface area is 311 Å². The van der Waals surface area contributed by atoms with E-state index < -0.39 is 0 Å². The van der Waals surface area contributed by atoms with E-state index in [-0.39, 0.29) is 5.92 Å². The predicted octanol–water partition coefficient (Wildman–Crippen LogP) is 12.9. The lowest BCUT2D eigenvalue weighted by Gasteiger charge is -2.18. The Morgan fingerprint density at radius 1 is 0.537 bits per heavy atom. The molecule has 0 aliphatic heterocycles. The van der Waals surface area contributed by atoms with Gasteiger partial charge in [-0.25, -0.2) is 15.0 Å². The lowest BCUT2D eigenvalue weighted by molar-refractivity contribution is 0.669. The average Bonchev–Trinajstić information content (AvgIpc) is 3.82. The summed E-state index contributed by atoms with van der Waals surface area (Å²) >= 11 is 0. The SMILES string of the molecule is C1=CCC(c2nc(C3=CCC(c4ccccc4)C=C3)nc(-c3cccc4oc5c(-c6c7ccccc7cc7oc8ccccc8c67)cccc5c34)n2)C=C1. The van der Waals surface area contributed by atoms with Gasteiger partial charge in [-0.3, -0.25) is 0 Å². The molecule has 0 saturated carbocycles. The second-order valence-corrected chi connectivity index (χ2v) is 14.2. The molecule has 54 heavy (non-hydrogen) atoms. The molecule has 0 fully saturated rings. The molecule has 3 heterocycles. The van der Waals surface area contributed by atoms with E-state index in [0.29, 0.717) is 17.6 Å². The number of hydrogen-bond donors (Lipinski definition) is 0. The van der Waals surface area contributed by atoms with Gasteiger partial charge in [0.25, 0.3) is 0 Å². The fraction of sp³-hybridized carbons (Fsp3) is 0.0816. The first-order chi connectivity index (χ1) is 26.8. The molecular formula is C49H33N3O2. The number of aromatic nitrogens is 3. The van der Waals surface area contributed by atoms with Crippen LogP contribution in [0, 0.1) is 0 Å². The van der Waals surface area contributed by atoms with Gasteiger partial charge in [-0.15, -0.1) is 0 Å². The third-order valence-corrected chi connectivity index (χ3v) is 11.0. The Kier molecular flexibility index (Phi) is 7.05. The fourth-order valence-electron chi connectivity index (χ4n) is 8.37. The van der Waals surface area contributed by atoms with Crippen molar-refractivity contribution in [3.05, 3.63) is 181 Å². The van der Waals surface area contributed by atoms with E-state index in [1.807, 2.05) is 24.3 Å². The highest BCUT2D eigenvalue weighted by Gasteiger charge is 2.24. The minimum absolute atomic E-state index is 0.0613. The summed E-state index contributed by atoms with van der Waals surface area (Å²) in [6, 6.07) is 42.2. The van der Waals surface area contributed by atoms with Crippen LogP contribution in [0.3, 0.4) is 0 Å². The standard InChI is InChI=1S/C49H33N3O2/c1-3-13-30(14-4-1)31-25-27-33(28-26-31)48-50-47(32-15-5-2-6-16-32)51-49(52-48)39-22-12-24-41-43(39)37-20-11-21-38(46(37)54-41)44-35-18-8-7-17-34(35)29-42-45(44)36-19-9-10-23-40(36)53-42/h1-15,17-25,27-29,31-32H,16,26H2. The Morgan fingerprint density at radius 2 is 1.31 bits per heavy atom. The number of nitrogens with zero attached hydrogens (tertiary/aromatic N) is 3. The average molecular weight is 696 g/mol. The number of benzene rings is 6. The van der Waals surface area contributed by atoms with Crippen LogP contribution in [0.4, 0.5) is 0 Å². The first-order valence-corrected chi connectivity index (χ1v) is 18.6. The van der Waals surface area contributed by atoms with Gasteiger partial charge < -0.3 is 8.83 Å². The minimum atomic E-state index is 0.0613. The van der Waals surface area contributed by atoms with Gasteiger partial charge in [-0.05, 0) is 47.4 Å². The Morgan fingerprint density at radius 3 is 2.19 bits per heavy atom. The van der Waals surface area contributed by atoms with Crippen LogP contribution in [0.5, 0.6) is 0 Å². The largest absolute Gasteiger partial charge is 0.456 e. The number of rotatable bonds is 5. The molecule has 0 radical (unpaired) electrons. The summed E-state index contributed by atoms with van der Waals surface area (Å²) in [5.74, 6) is 2.49. The highest BCUT2D eigenvalue weighted by atomic mass is 16.3. The molecule has 2 aliphatic carbocycles. The Balaban J connectivity index is 1.11. The number of hydrogen-bond acceptors (Lipinski definition) is 5. The van der Waals surface area contributed by atoms with Crippen LogP contribution in [-0.4, -0.2) is 15.0 Å². The molecule has 2 aliphatic rings. The third kappa shape index (κ3) is 4.96. The molecule has 0 bridgehead atoms. The summed E-state index contributed by atoms with van der Waals surface area (Å²) in [5, 5.41) is 6.43. The summed E-state index contributed by atoms with van der Waals surface area (Å²) in [5.41, 5.74) is 8.70. The van der Waals surface area contributed by atoms with Gasteiger partial charge >= 0.3 is 0 Å². The topological polar surface area (TPSA) is 65.0 Å². The lowest BCUT2D eigenvalue weighted by atomic mass is 9.90. The highest BCUT2D eigenvalue weighted by Crippen LogP contribution is 2.46. The van der Waals surface area contributed by atoms with Gasteiger partial charge in [0.2, 0.25) is 0 Å². The number of para-hydroxylation sites is 2. The summed E-state index contributed by atoms with van der Waals surface area (Å²) in [4.78, 5) is 15.5. The van der Waals surface area contributed by atoms with E-state index in [4.69, 9.17) is 23.8 Å². The van der Waals surface area contributed by atoms with Crippen molar-refractivity contribution in [2.45, 2.75) is 24.7 Å². The molecule has 256 valence electrons. The Hall–Kier alpha value is -6.85. The van der Waals surface area contributed by atoms with Crippen molar-refractivity contribution in [1.82, 2.24) is 15.0 Å². The molecule has 3 aromatic heterocycles. The maximum atomic E-state index is 6.89. The van der Waals surface area contributed by atoms with Crippen molar-refractivity contribution in [3.63, 3.8) is 0 Å². The van der Waals surface area contributed by atoms with Crippen molar-refractivity contribution in [1.29, 1.82) is 0 Å². The van der Waals surface area contributed by atoms with Crippen LogP contribution >= 0.6 is 0 Å². The van der Waals surface area contributed by atoms with Gasteiger partial charge in [0.15, 0.2) is 11.6 Å². The fourth-order valence-corrected chi connectivity index (χ4v) is 8.37. The molecule has 0 spiro atoms. The van der Waals surface area contributed by atoms with Crippen molar-refractivity contribution >= 4 is 60.2 Å². The Bertz CT molecular complexity index is 3070. The highest BCUT2D eigenvalue weighted by molar-refractivity contribution is 6.24. The number of furan rings is 2. The van der Waals surface area contributed by atoms with E-state index >= 15 is 0 Å². The van der Waals surface area contributed by atoms with E-state index in [1.54, 1.807) is 0 Å². The molecule has 5 heteroatoms. The van der Waals surface area contributed by atoms with E-state index in [0.717, 1.165) is 95.6 Å². The summed E-state index contributed by atoms with van der Waals surface area (Å²) in [6.45, 7) is 0. The third-order valence-electron chi connectivity index (χ3n) is 11.0. The molecular weight excluding hydrogens is 663 g/mol. The first-order valence-electron chi connectivity index (χ1n) is 18.6. The van der Waals surface area contributed by atoms with Gasteiger partial charge in [0.05, 0.1) is 0 Å². The predicted molar refractivity (Wildman–Crippen MR) is 219 cm³/mol. The molecule has 5 nitrogen and oxygen atoms in total. The molecule has 2 unspecified atom stereocenters. The van der Waals surface area contributed by atoms with Gasteiger partial charge in [0.1, 0.15) is 28.2 Å². The summed E-state index contributed by atoms with van der Waals surface area (Å²) in [7, 11) is 0.